The highest BCUT2D eigenvalue weighted by Gasteiger charge is 2.40. The molecule has 3 rings (SSSR count). The molecule has 1 saturated heterocycles. The summed E-state index contributed by atoms with van der Waals surface area (Å²) in [6.07, 6.45) is 5.32. The van der Waals surface area contributed by atoms with E-state index in [9.17, 15) is 0 Å². The van der Waals surface area contributed by atoms with Crippen molar-refractivity contribution in [2.75, 3.05) is 12.9 Å². The number of nitrogens with zero attached hydrogens (tertiary/aromatic N) is 1. The lowest BCUT2D eigenvalue weighted by molar-refractivity contribution is 0.242. The zero-order valence-electron chi connectivity index (χ0n) is 12.9. The zero-order valence-corrected chi connectivity index (χ0v) is 13.7. The first-order chi connectivity index (χ1) is 10.2. The summed E-state index contributed by atoms with van der Waals surface area (Å²) in [5, 5.41) is 4.84. The average molecular weight is 304 g/mol. The minimum absolute atomic E-state index is 0.321. The van der Waals surface area contributed by atoms with Gasteiger partial charge in [0.2, 0.25) is 0 Å². The van der Waals surface area contributed by atoms with Crippen LogP contribution in [0.1, 0.15) is 38.2 Å². The Morgan fingerprint density at radius 1 is 1.38 bits per heavy atom. The molecule has 2 unspecified atom stereocenters. The average Bonchev–Trinajstić information content (AvgIpc) is 2.88. The molecule has 3 nitrogen and oxygen atoms in total. The maximum Gasteiger partial charge on any atom is 0.157 e. The number of rotatable bonds is 3. The summed E-state index contributed by atoms with van der Waals surface area (Å²) in [5.74, 6) is 2.92. The van der Waals surface area contributed by atoms with Crippen LogP contribution in [0.2, 0.25) is 0 Å². The van der Waals surface area contributed by atoms with E-state index in [0.717, 1.165) is 23.4 Å². The molecule has 4 heteroatoms. The van der Waals surface area contributed by atoms with E-state index in [1.54, 1.807) is 7.11 Å². The van der Waals surface area contributed by atoms with Crippen molar-refractivity contribution in [2.24, 2.45) is 10.9 Å². The normalized spacial score (nSPS) is 30.6. The second kappa shape index (κ2) is 6.30. The largest absolute Gasteiger partial charge is 0.497 e. The third-order valence-corrected chi connectivity index (χ3v) is 5.71. The van der Waals surface area contributed by atoms with Gasteiger partial charge in [-0.05, 0) is 36.5 Å². The molecule has 114 valence electrons. The maximum atomic E-state index is 5.18. The number of benzene rings is 1. The first-order valence-corrected chi connectivity index (χ1v) is 8.76. The van der Waals surface area contributed by atoms with Gasteiger partial charge in [-0.25, -0.2) is 0 Å². The van der Waals surface area contributed by atoms with Gasteiger partial charge in [0.15, 0.2) is 5.17 Å². The summed E-state index contributed by atoms with van der Waals surface area (Å²) >= 11 is 1.89. The van der Waals surface area contributed by atoms with E-state index in [1.165, 1.54) is 37.0 Å². The van der Waals surface area contributed by atoms with Gasteiger partial charge >= 0.3 is 0 Å². The molecule has 0 bridgehead atoms. The van der Waals surface area contributed by atoms with Crippen LogP contribution in [0.5, 0.6) is 5.75 Å². The predicted molar refractivity (Wildman–Crippen MR) is 90.1 cm³/mol. The summed E-state index contributed by atoms with van der Waals surface area (Å²) in [6.45, 7) is 3.12. The Balaban J connectivity index is 1.60. The second-order valence-electron chi connectivity index (χ2n) is 6.36. The smallest absolute Gasteiger partial charge is 0.157 e. The van der Waals surface area contributed by atoms with Gasteiger partial charge in [0.25, 0.3) is 0 Å². The zero-order chi connectivity index (χ0) is 14.7. The summed E-state index contributed by atoms with van der Waals surface area (Å²) in [5.41, 5.74) is 1.55. The molecule has 0 aromatic heterocycles. The number of amidine groups is 1. The molecule has 0 amide bonds. The highest BCUT2D eigenvalue weighted by atomic mass is 32.2. The summed E-state index contributed by atoms with van der Waals surface area (Å²) in [6, 6.07) is 8.16. The van der Waals surface area contributed by atoms with Gasteiger partial charge in [0, 0.05) is 11.3 Å². The van der Waals surface area contributed by atoms with Crippen molar-refractivity contribution in [3.8, 4) is 5.75 Å². The molecule has 1 aromatic rings. The van der Waals surface area contributed by atoms with E-state index in [2.05, 4.69) is 24.4 Å². The standard InChI is InChI=1S/C17H24N2OS/c1-13-4-3-9-17(10-13)12-21-16(19-17)18-11-14-5-7-15(20-2)8-6-14/h5-8,13H,3-4,9-12H2,1-2H3,(H,18,19). The lowest BCUT2D eigenvalue weighted by atomic mass is 9.78. The Bertz CT molecular complexity index is 514. The molecule has 1 spiro atoms. The van der Waals surface area contributed by atoms with E-state index >= 15 is 0 Å². The fourth-order valence-corrected chi connectivity index (χ4v) is 4.58. The Hall–Kier alpha value is -1.16. The number of aliphatic imine (C=N–C) groups is 1. The van der Waals surface area contributed by atoms with Crippen molar-refractivity contribution < 1.29 is 4.74 Å². The van der Waals surface area contributed by atoms with E-state index in [-0.39, 0.29) is 0 Å². The highest BCUT2D eigenvalue weighted by molar-refractivity contribution is 8.14. The maximum absolute atomic E-state index is 5.18. The Labute approximate surface area is 131 Å². The monoisotopic (exact) mass is 304 g/mol. The molecular weight excluding hydrogens is 280 g/mol. The SMILES string of the molecule is COc1ccc(CN=C2NC3(CCCC(C)C3)CS2)cc1. The molecule has 1 aliphatic heterocycles. The van der Waals surface area contributed by atoms with Crippen LogP contribution < -0.4 is 10.1 Å². The molecular formula is C17H24N2OS. The van der Waals surface area contributed by atoms with Crippen LogP contribution in [0.25, 0.3) is 0 Å². The Morgan fingerprint density at radius 3 is 2.90 bits per heavy atom. The van der Waals surface area contributed by atoms with Crippen LogP contribution in [0, 0.1) is 5.92 Å². The van der Waals surface area contributed by atoms with Gasteiger partial charge in [0.1, 0.15) is 5.75 Å². The number of nitrogens with one attached hydrogen (secondary N) is 1. The van der Waals surface area contributed by atoms with Gasteiger partial charge in [0.05, 0.1) is 13.7 Å². The van der Waals surface area contributed by atoms with E-state index < -0.39 is 0 Å². The lowest BCUT2D eigenvalue weighted by Gasteiger charge is -2.36. The molecule has 21 heavy (non-hydrogen) atoms. The number of hydrogen-bond donors (Lipinski definition) is 1. The van der Waals surface area contributed by atoms with Crippen LogP contribution in [-0.4, -0.2) is 23.6 Å². The van der Waals surface area contributed by atoms with Crippen molar-refractivity contribution >= 4 is 16.9 Å². The fraction of sp³-hybridized carbons (Fsp3) is 0.588. The van der Waals surface area contributed by atoms with Crippen molar-refractivity contribution in [1.29, 1.82) is 0 Å². The third-order valence-electron chi connectivity index (χ3n) is 4.51. The molecule has 2 aliphatic rings. The molecule has 2 fully saturated rings. The van der Waals surface area contributed by atoms with Gasteiger partial charge in [-0.1, -0.05) is 43.7 Å². The first kappa shape index (κ1) is 14.8. The number of thioether (sulfide) groups is 1. The van der Waals surface area contributed by atoms with Crippen LogP contribution in [-0.2, 0) is 6.54 Å². The Kier molecular flexibility index (Phi) is 4.43. The topological polar surface area (TPSA) is 33.6 Å². The molecule has 0 radical (unpaired) electrons. The third kappa shape index (κ3) is 3.54. The van der Waals surface area contributed by atoms with Crippen LogP contribution in [0.15, 0.2) is 29.3 Å². The number of methoxy groups -OCH3 is 1. The van der Waals surface area contributed by atoms with Crippen molar-refractivity contribution in [3.05, 3.63) is 29.8 Å². The van der Waals surface area contributed by atoms with Crippen LogP contribution >= 0.6 is 11.8 Å². The summed E-state index contributed by atoms with van der Waals surface area (Å²) in [7, 11) is 1.69. The highest BCUT2D eigenvalue weighted by Crippen LogP contribution is 2.38. The minimum Gasteiger partial charge on any atom is -0.497 e. The molecule has 2 atom stereocenters. The quantitative estimate of drug-likeness (QED) is 0.921. The van der Waals surface area contributed by atoms with E-state index in [1.807, 2.05) is 23.9 Å². The van der Waals surface area contributed by atoms with Crippen LogP contribution in [0.3, 0.4) is 0 Å². The number of ether oxygens (including phenoxy) is 1. The minimum atomic E-state index is 0.321. The molecule has 1 saturated carbocycles. The van der Waals surface area contributed by atoms with Gasteiger partial charge in [-0.15, -0.1) is 0 Å². The van der Waals surface area contributed by atoms with Crippen molar-refractivity contribution in [1.82, 2.24) is 5.32 Å². The van der Waals surface area contributed by atoms with Crippen molar-refractivity contribution in [2.45, 2.75) is 44.7 Å². The summed E-state index contributed by atoms with van der Waals surface area (Å²) in [4.78, 5) is 4.75. The molecule has 1 aliphatic carbocycles. The van der Waals surface area contributed by atoms with Crippen molar-refractivity contribution in [3.63, 3.8) is 0 Å². The fourth-order valence-electron chi connectivity index (χ4n) is 3.39. The molecule has 1 heterocycles. The van der Waals surface area contributed by atoms with E-state index in [0.29, 0.717) is 5.54 Å². The number of hydrogen-bond acceptors (Lipinski definition) is 3. The first-order valence-electron chi connectivity index (χ1n) is 7.77. The Morgan fingerprint density at radius 2 is 2.19 bits per heavy atom. The molecule has 1 N–H and O–H groups in total. The summed E-state index contributed by atoms with van der Waals surface area (Å²) < 4.78 is 5.18. The van der Waals surface area contributed by atoms with Gasteiger partial charge in [-0.2, -0.15) is 0 Å². The molecule has 1 aromatic carbocycles. The predicted octanol–water partition coefficient (Wildman–Crippen LogP) is 3.84. The lowest BCUT2D eigenvalue weighted by Crippen LogP contribution is -2.47. The van der Waals surface area contributed by atoms with Gasteiger partial charge < -0.3 is 10.1 Å². The van der Waals surface area contributed by atoms with Gasteiger partial charge in [-0.3, -0.25) is 4.99 Å². The second-order valence-corrected chi connectivity index (χ2v) is 7.33. The van der Waals surface area contributed by atoms with E-state index in [4.69, 9.17) is 9.73 Å². The van der Waals surface area contributed by atoms with Crippen LogP contribution in [0.4, 0.5) is 0 Å².